The molecule has 0 saturated carbocycles. The average Bonchev–Trinajstić information content (AvgIpc) is 2.58. The van der Waals surface area contributed by atoms with E-state index in [2.05, 4.69) is 19.9 Å². The molecule has 1 aromatic carbocycles. The van der Waals surface area contributed by atoms with Gasteiger partial charge in [-0.15, -0.1) is 38.0 Å². The van der Waals surface area contributed by atoms with Crippen molar-refractivity contribution in [2.75, 3.05) is 26.2 Å². The second kappa shape index (κ2) is 10.3. The van der Waals surface area contributed by atoms with E-state index in [1.165, 1.54) is 12.1 Å². The van der Waals surface area contributed by atoms with Gasteiger partial charge in [0.2, 0.25) is 0 Å². The fourth-order valence-corrected chi connectivity index (χ4v) is 3.07. The number of rotatable bonds is 4. The van der Waals surface area contributed by atoms with Crippen LogP contribution in [0, 0.1) is 0 Å². The van der Waals surface area contributed by atoms with Crippen molar-refractivity contribution in [3.8, 4) is 5.75 Å². The van der Waals surface area contributed by atoms with Gasteiger partial charge in [0.15, 0.2) is 0 Å². The Bertz CT molecular complexity index is 693. The molecular weight excluding hydrogens is 426 g/mol. The van der Waals surface area contributed by atoms with Gasteiger partial charge in [0.05, 0.1) is 6.04 Å². The Morgan fingerprint density at radius 1 is 1.00 bits per heavy atom. The number of nitrogens with zero attached hydrogens (tertiary/aromatic N) is 2. The van der Waals surface area contributed by atoms with E-state index in [4.69, 9.17) is 11.6 Å². The van der Waals surface area contributed by atoms with Crippen molar-refractivity contribution in [2.45, 2.75) is 12.4 Å². The van der Waals surface area contributed by atoms with Gasteiger partial charge < -0.3 is 10.1 Å². The van der Waals surface area contributed by atoms with Gasteiger partial charge in [0, 0.05) is 32.4 Å². The minimum Gasteiger partial charge on any atom is -0.406 e. The second-order valence-corrected chi connectivity index (χ2v) is 6.11. The van der Waals surface area contributed by atoms with Crippen molar-refractivity contribution < 1.29 is 17.9 Å². The number of ether oxygens (including phenoxy) is 1. The van der Waals surface area contributed by atoms with Crippen LogP contribution in [0.5, 0.6) is 5.75 Å². The molecule has 4 nitrogen and oxygen atoms in total. The highest BCUT2D eigenvalue weighted by atomic mass is 35.5. The van der Waals surface area contributed by atoms with Crippen LogP contribution in [0.3, 0.4) is 0 Å². The minimum absolute atomic E-state index is 0. The first-order valence-corrected chi connectivity index (χ1v) is 8.22. The Hall–Kier alpha value is -1.25. The van der Waals surface area contributed by atoms with Crippen LogP contribution in [-0.2, 0) is 0 Å². The highest BCUT2D eigenvalue weighted by Gasteiger charge is 2.31. The Morgan fingerprint density at radius 2 is 1.59 bits per heavy atom. The van der Waals surface area contributed by atoms with Crippen molar-refractivity contribution >= 4 is 36.4 Å². The third-order valence-electron chi connectivity index (χ3n) is 4.01. The molecule has 0 amide bonds. The van der Waals surface area contributed by atoms with Crippen LogP contribution in [0.4, 0.5) is 13.2 Å². The van der Waals surface area contributed by atoms with Gasteiger partial charge in [0.25, 0.3) is 0 Å². The van der Waals surface area contributed by atoms with Crippen LogP contribution in [-0.4, -0.2) is 42.4 Å². The van der Waals surface area contributed by atoms with E-state index in [9.17, 15) is 13.2 Å². The molecule has 1 saturated heterocycles. The van der Waals surface area contributed by atoms with E-state index in [-0.39, 0.29) is 36.6 Å². The van der Waals surface area contributed by atoms with Gasteiger partial charge in [-0.05, 0) is 29.3 Å². The number of hydrogen-bond donors (Lipinski definition) is 1. The fraction of sp³-hybridized carbons (Fsp3) is 0.353. The molecule has 2 heterocycles. The van der Waals surface area contributed by atoms with E-state index >= 15 is 0 Å². The zero-order valence-corrected chi connectivity index (χ0v) is 16.5. The van der Waals surface area contributed by atoms with Gasteiger partial charge in [-0.2, -0.15) is 0 Å². The zero-order chi connectivity index (χ0) is 17.9. The van der Waals surface area contributed by atoms with Crippen LogP contribution in [0.1, 0.15) is 17.2 Å². The summed E-state index contributed by atoms with van der Waals surface area (Å²) in [5.74, 6) is -0.232. The van der Waals surface area contributed by atoms with Crippen molar-refractivity contribution in [1.82, 2.24) is 15.2 Å². The van der Waals surface area contributed by atoms with Gasteiger partial charge >= 0.3 is 6.36 Å². The Kier molecular flexibility index (Phi) is 9.11. The lowest BCUT2D eigenvalue weighted by molar-refractivity contribution is -0.274. The zero-order valence-electron chi connectivity index (χ0n) is 14.1. The molecule has 2 aromatic rings. The molecule has 1 aliphatic heterocycles. The van der Waals surface area contributed by atoms with Crippen molar-refractivity contribution in [2.24, 2.45) is 0 Å². The molecule has 0 aliphatic carbocycles. The summed E-state index contributed by atoms with van der Waals surface area (Å²) >= 11 is 5.87. The maximum Gasteiger partial charge on any atom is 0.573 e. The number of piperazine rings is 1. The molecule has 1 N–H and O–H groups in total. The summed E-state index contributed by atoms with van der Waals surface area (Å²) in [5.41, 5.74) is 1.82. The first-order chi connectivity index (χ1) is 11.9. The molecule has 10 heteroatoms. The molecule has 0 bridgehead atoms. The van der Waals surface area contributed by atoms with Crippen LogP contribution < -0.4 is 10.1 Å². The smallest absolute Gasteiger partial charge is 0.406 e. The monoisotopic (exact) mass is 443 g/mol. The van der Waals surface area contributed by atoms with Crippen molar-refractivity contribution in [3.63, 3.8) is 0 Å². The third kappa shape index (κ3) is 6.69. The highest BCUT2D eigenvalue weighted by Crippen LogP contribution is 2.31. The normalized spacial score (nSPS) is 16.0. The Morgan fingerprint density at radius 3 is 2.11 bits per heavy atom. The first kappa shape index (κ1) is 23.8. The predicted octanol–water partition coefficient (Wildman–Crippen LogP) is 4.47. The molecular formula is C17H19Cl3F3N3O. The SMILES string of the molecule is Cl.Cl.FC(F)(F)Oc1ccc([C@H](c2ccc(Cl)nc2)N2CCNCC2)cc1. The lowest BCUT2D eigenvalue weighted by Gasteiger charge is -2.35. The average molecular weight is 445 g/mol. The van der Waals surface area contributed by atoms with Crippen molar-refractivity contribution in [3.05, 3.63) is 58.9 Å². The first-order valence-electron chi connectivity index (χ1n) is 7.84. The molecule has 3 rings (SSSR count). The van der Waals surface area contributed by atoms with E-state index < -0.39 is 6.36 Å². The number of halogens is 6. The molecule has 0 spiro atoms. The predicted molar refractivity (Wildman–Crippen MR) is 103 cm³/mol. The molecule has 1 aliphatic rings. The summed E-state index contributed by atoms with van der Waals surface area (Å²) in [6, 6.07) is 9.48. The van der Waals surface area contributed by atoms with E-state index in [1.54, 1.807) is 24.4 Å². The summed E-state index contributed by atoms with van der Waals surface area (Å²) in [6.45, 7) is 3.36. The molecule has 0 radical (unpaired) electrons. The van der Waals surface area contributed by atoms with Gasteiger partial charge in [-0.3, -0.25) is 4.90 Å². The van der Waals surface area contributed by atoms with E-state index in [0.717, 1.165) is 37.3 Å². The summed E-state index contributed by atoms with van der Waals surface area (Å²) < 4.78 is 41.0. The number of pyridine rings is 1. The van der Waals surface area contributed by atoms with E-state index in [1.807, 2.05) is 6.07 Å². The Labute approximate surface area is 172 Å². The summed E-state index contributed by atoms with van der Waals surface area (Å²) in [5, 5.41) is 3.69. The summed E-state index contributed by atoms with van der Waals surface area (Å²) in [6.07, 6.45) is -2.99. The fourth-order valence-electron chi connectivity index (χ4n) is 2.96. The molecule has 1 aromatic heterocycles. The minimum atomic E-state index is -4.69. The maximum absolute atomic E-state index is 12.3. The van der Waals surface area contributed by atoms with Gasteiger partial charge in [0.1, 0.15) is 10.9 Å². The Balaban J connectivity index is 0.00000182. The third-order valence-corrected chi connectivity index (χ3v) is 4.24. The van der Waals surface area contributed by atoms with Gasteiger partial charge in [-0.1, -0.05) is 29.8 Å². The standard InChI is InChI=1S/C17H17ClF3N3O.2ClH/c18-15-6-3-13(11-23-15)16(24-9-7-22-8-10-24)12-1-4-14(5-2-12)25-17(19,20)21;;/h1-6,11,16,22H,7-10H2;2*1H/t16-;;/m1../s1. The highest BCUT2D eigenvalue weighted by molar-refractivity contribution is 6.29. The largest absolute Gasteiger partial charge is 0.573 e. The summed E-state index contributed by atoms with van der Waals surface area (Å²) in [4.78, 5) is 6.40. The number of benzene rings is 1. The molecule has 1 fully saturated rings. The quantitative estimate of drug-likeness (QED) is 0.706. The number of hydrogen-bond acceptors (Lipinski definition) is 4. The van der Waals surface area contributed by atoms with Crippen LogP contribution in [0.15, 0.2) is 42.6 Å². The second-order valence-electron chi connectivity index (χ2n) is 5.72. The number of alkyl halides is 3. The molecule has 27 heavy (non-hydrogen) atoms. The van der Waals surface area contributed by atoms with Gasteiger partial charge in [-0.25, -0.2) is 4.98 Å². The maximum atomic E-state index is 12.3. The van der Waals surface area contributed by atoms with Crippen LogP contribution >= 0.6 is 36.4 Å². The van der Waals surface area contributed by atoms with Crippen LogP contribution in [0.2, 0.25) is 5.15 Å². The lowest BCUT2D eigenvalue weighted by Crippen LogP contribution is -2.45. The topological polar surface area (TPSA) is 37.4 Å². The number of aromatic nitrogens is 1. The summed E-state index contributed by atoms with van der Waals surface area (Å²) in [7, 11) is 0. The number of nitrogens with one attached hydrogen (secondary N) is 1. The van der Waals surface area contributed by atoms with Crippen molar-refractivity contribution in [1.29, 1.82) is 0 Å². The molecule has 0 unspecified atom stereocenters. The van der Waals surface area contributed by atoms with Crippen LogP contribution in [0.25, 0.3) is 0 Å². The van der Waals surface area contributed by atoms with E-state index in [0.29, 0.717) is 5.15 Å². The molecule has 1 atom stereocenters. The molecule has 150 valence electrons. The lowest BCUT2D eigenvalue weighted by atomic mass is 9.97.